The fraction of sp³-hybridized carbons (Fsp3) is 0.455. The Bertz CT molecular complexity index is 566. The van der Waals surface area contributed by atoms with E-state index in [1.165, 1.54) is 23.1 Å². The summed E-state index contributed by atoms with van der Waals surface area (Å²) in [6.07, 6.45) is 1.89. The first-order valence-electron chi connectivity index (χ1n) is 5.43. The van der Waals surface area contributed by atoms with E-state index in [4.69, 9.17) is 17.3 Å². The number of benzene rings is 1. The van der Waals surface area contributed by atoms with Crippen LogP contribution in [-0.2, 0) is 10.0 Å². The molecule has 1 aromatic rings. The van der Waals surface area contributed by atoms with Crippen LogP contribution in [0.3, 0.4) is 0 Å². The van der Waals surface area contributed by atoms with Crippen LogP contribution in [0.2, 0.25) is 5.02 Å². The Labute approximate surface area is 122 Å². The molecule has 1 atom stereocenters. The molecule has 19 heavy (non-hydrogen) atoms. The fourth-order valence-corrected chi connectivity index (χ4v) is 4.16. The van der Waals surface area contributed by atoms with Gasteiger partial charge in [-0.05, 0) is 25.3 Å². The van der Waals surface area contributed by atoms with Crippen molar-refractivity contribution in [1.82, 2.24) is 4.31 Å². The first kappa shape index (κ1) is 16.6. The minimum atomic E-state index is -3.79. The highest BCUT2D eigenvalue weighted by molar-refractivity contribution is 7.98. The molecule has 0 amide bonds. The SMILES string of the molecule is CSCC(C)N(C)S(=O)(=O)c1cc(N)c(F)cc1Cl. The Morgan fingerprint density at radius 1 is 1.53 bits per heavy atom. The normalized spacial score (nSPS) is 13.8. The number of hydrogen-bond acceptors (Lipinski definition) is 4. The number of rotatable bonds is 5. The van der Waals surface area contributed by atoms with Crippen molar-refractivity contribution in [3.63, 3.8) is 0 Å². The minimum absolute atomic E-state index is 0.171. The van der Waals surface area contributed by atoms with Gasteiger partial charge in [-0.1, -0.05) is 11.6 Å². The van der Waals surface area contributed by atoms with Crippen molar-refractivity contribution < 1.29 is 12.8 Å². The fourth-order valence-electron chi connectivity index (χ4n) is 1.48. The van der Waals surface area contributed by atoms with E-state index >= 15 is 0 Å². The molecule has 0 spiro atoms. The van der Waals surface area contributed by atoms with E-state index in [-0.39, 0.29) is 21.6 Å². The van der Waals surface area contributed by atoms with Gasteiger partial charge in [0.05, 0.1) is 10.7 Å². The molecule has 0 heterocycles. The van der Waals surface area contributed by atoms with E-state index in [0.717, 1.165) is 12.1 Å². The number of hydrogen-bond donors (Lipinski definition) is 1. The largest absolute Gasteiger partial charge is 0.396 e. The van der Waals surface area contributed by atoms with Crippen molar-refractivity contribution in [2.45, 2.75) is 17.9 Å². The summed E-state index contributed by atoms with van der Waals surface area (Å²) in [7, 11) is -2.32. The lowest BCUT2D eigenvalue weighted by Crippen LogP contribution is -2.36. The molecule has 4 nitrogen and oxygen atoms in total. The molecule has 1 aromatic carbocycles. The molecule has 108 valence electrons. The number of sulfonamides is 1. The zero-order chi connectivity index (χ0) is 14.8. The summed E-state index contributed by atoms with van der Waals surface area (Å²) >= 11 is 7.34. The lowest BCUT2D eigenvalue weighted by molar-refractivity contribution is 0.415. The number of nitrogens with zero attached hydrogens (tertiary/aromatic N) is 1. The van der Waals surface area contributed by atoms with Crippen LogP contribution in [0, 0.1) is 5.82 Å². The predicted octanol–water partition coefficient (Wildman–Crippen LogP) is 2.43. The monoisotopic (exact) mass is 326 g/mol. The lowest BCUT2D eigenvalue weighted by Gasteiger charge is -2.24. The summed E-state index contributed by atoms with van der Waals surface area (Å²) in [5.41, 5.74) is 5.16. The average Bonchev–Trinajstić information content (AvgIpc) is 2.32. The maximum absolute atomic E-state index is 13.2. The summed E-state index contributed by atoms with van der Waals surface area (Å²) in [5, 5.41) is -0.171. The smallest absolute Gasteiger partial charge is 0.244 e. The van der Waals surface area contributed by atoms with E-state index in [9.17, 15) is 12.8 Å². The third-order valence-corrected chi connectivity index (χ3v) is 5.99. The van der Waals surface area contributed by atoms with Crippen LogP contribution < -0.4 is 5.73 Å². The summed E-state index contributed by atoms with van der Waals surface area (Å²) < 4.78 is 39.2. The molecule has 0 aliphatic carbocycles. The van der Waals surface area contributed by atoms with E-state index in [1.807, 2.05) is 6.26 Å². The van der Waals surface area contributed by atoms with Crippen molar-refractivity contribution in [1.29, 1.82) is 0 Å². The summed E-state index contributed by atoms with van der Waals surface area (Å²) in [5.74, 6) is -0.0897. The minimum Gasteiger partial charge on any atom is -0.396 e. The van der Waals surface area contributed by atoms with Crippen molar-refractivity contribution in [2.75, 3.05) is 24.8 Å². The third-order valence-electron chi connectivity index (χ3n) is 2.74. The third kappa shape index (κ3) is 3.53. The van der Waals surface area contributed by atoms with E-state index in [0.29, 0.717) is 5.75 Å². The molecule has 2 N–H and O–H groups in total. The standard InChI is InChI=1S/C11H16ClFN2O2S2/c1-7(6-18-3)15(2)19(16,17)11-5-10(14)9(13)4-8(11)12/h4-5,7H,6,14H2,1-3H3. The van der Waals surface area contributed by atoms with Gasteiger partial charge in [0, 0.05) is 18.8 Å². The van der Waals surface area contributed by atoms with Crippen LogP contribution >= 0.6 is 23.4 Å². The molecule has 0 aromatic heterocycles. The van der Waals surface area contributed by atoms with Gasteiger partial charge in [-0.25, -0.2) is 12.8 Å². The zero-order valence-electron chi connectivity index (χ0n) is 10.9. The maximum atomic E-state index is 13.2. The quantitative estimate of drug-likeness (QED) is 0.844. The Morgan fingerprint density at radius 3 is 2.63 bits per heavy atom. The van der Waals surface area contributed by atoms with Gasteiger partial charge >= 0.3 is 0 Å². The molecule has 1 rings (SSSR count). The highest BCUT2D eigenvalue weighted by atomic mass is 35.5. The Kier molecular flexibility index (Phi) is 5.49. The molecule has 0 aliphatic rings. The molecular formula is C11H16ClFN2O2S2. The Hall–Kier alpha value is -0.500. The number of thioether (sulfide) groups is 1. The van der Waals surface area contributed by atoms with Gasteiger partial charge in [0.1, 0.15) is 10.7 Å². The number of nitrogen functional groups attached to an aromatic ring is 1. The summed E-state index contributed by atoms with van der Waals surface area (Å²) in [6, 6.07) is 1.76. The van der Waals surface area contributed by atoms with E-state index in [1.54, 1.807) is 6.92 Å². The van der Waals surface area contributed by atoms with Gasteiger partial charge in [-0.3, -0.25) is 0 Å². The van der Waals surface area contributed by atoms with Gasteiger partial charge in [0.15, 0.2) is 0 Å². The second kappa shape index (κ2) is 6.30. The molecule has 0 saturated heterocycles. The van der Waals surface area contributed by atoms with E-state index in [2.05, 4.69) is 0 Å². The van der Waals surface area contributed by atoms with Crippen LogP contribution in [0.4, 0.5) is 10.1 Å². The van der Waals surface area contributed by atoms with Crippen molar-refractivity contribution >= 4 is 39.1 Å². The molecule has 1 unspecified atom stereocenters. The van der Waals surface area contributed by atoms with Crippen molar-refractivity contribution in [2.24, 2.45) is 0 Å². The van der Waals surface area contributed by atoms with E-state index < -0.39 is 15.8 Å². The lowest BCUT2D eigenvalue weighted by atomic mass is 10.3. The molecule has 8 heteroatoms. The number of halogens is 2. The Balaban J connectivity index is 3.24. The average molecular weight is 327 g/mol. The summed E-state index contributed by atoms with van der Waals surface area (Å²) in [4.78, 5) is -0.177. The van der Waals surface area contributed by atoms with Crippen molar-refractivity contribution in [3.8, 4) is 0 Å². The first-order valence-corrected chi connectivity index (χ1v) is 8.64. The van der Waals surface area contributed by atoms with Crippen LogP contribution in [0.15, 0.2) is 17.0 Å². The zero-order valence-corrected chi connectivity index (χ0v) is 13.2. The highest BCUT2D eigenvalue weighted by Gasteiger charge is 2.28. The highest BCUT2D eigenvalue weighted by Crippen LogP contribution is 2.29. The molecule has 0 radical (unpaired) electrons. The number of anilines is 1. The van der Waals surface area contributed by atoms with Crippen LogP contribution in [0.5, 0.6) is 0 Å². The molecule has 0 bridgehead atoms. The van der Waals surface area contributed by atoms with Gasteiger partial charge < -0.3 is 5.73 Å². The predicted molar refractivity (Wildman–Crippen MR) is 78.6 cm³/mol. The van der Waals surface area contributed by atoms with Crippen LogP contribution in [0.1, 0.15) is 6.92 Å². The van der Waals surface area contributed by atoms with Crippen molar-refractivity contribution in [3.05, 3.63) is 23.0 Å². The molecule has 0 saturated carbocycles. The van der Waals surface area contributed by atoms with Gasteiger partial charge in [0.25, 0.3) is 0 Å². The maximum Gasteiger partial charge on any atom is 0.244 e. The Morgan fingerprint density at radius 2 is 2.11 bits per heavy atom. The molecular weight excluding hydrogens is 311 g/mol. The molecule has 0 fully saturated rings. The van der Waals surface area contributed by atoms with Gasteiger partial charge in [-0.15, -0.1) is 0 Å². The second-order valence-corrected chi connectivity index (χ2v) is 7.41. The molecule has 0 aliphatic heterocycles. The second-order valence-electron chi connectivity index (χ2n) is 4.13. The first-order chi connectivity index (χ1) is 8.71. The van der Waals surface area contributed by atoms with Gasteiger partial charge in [-0.2, -0.15) is 16.1 Å². The summed E-state index contributed by atoms with van der Waals surface area (Å²) in [6.45, 7) is 1.79. The van der Waals surface area contributed by atoms with Gasteiger partial charge in [0.2, 0.25) is 10.0 Å². The number of nitrogens with two attached hydrogens (primary N) is 1. The van der Waals surface area contributed by atoms with Crippen LogP contribution in [-0.4, -0.2) is 37.8 Å². The topological polar surface area (TPSA) is 63.4 Å². The van der Waals surface area contributed by atoms with Crippen LogP contribution in [0.25, 0.3) is 0 Å².